The number of carbonyl (C=O) groups excluding carboxylic acids is 2. The van der Waals surface area contributed by atoms with E-state index in [0.29, 0.717) is 12.8 Å². The van der Waals surface area contributed by atoms with Crippen LogP contribution in [0, 0.1) is 5.82 Å². The van der Waals surface area contributed by atoms with Crippen molar-refractivity contribution in [1.82, 2.24) is 24.9 Å². The molecular weight excluding hydrogens is 401 g/mol. The zero-order valence-electron chi connectivity index (χ0n) is 15.4. The number of H-pyrrole nitrogens is 1. The Morgan fingerprint density at radius 1 is 1.17 bits per heavy atom. The van der Waals surface area contributed by atoms with Gasteiger partial charge in [0.15, 0.2) is 5.54 Å². The van der Waals surface area contributed by atoms with Crippen LogP contribution in [0.3, 0.4) is 0 Å². The number of nitrogens with one attached hydrogen (secondary N) is 3. The molecule has 0 spiro atoms. The zero-order chi connectivity index (χ0) is 20.6. The van der Waals surface area contributed by atoms with Gasteiger partial charge in [-0.25, -0.2) is 26.9 Å². The van der Waals surface area contributed by atoms with Crippen molar-refractivity contribution in [3.63, 3.8) is 0 Å². The summed E-state index contributed by atoms with van der Waals surface area (Å²) in [7, 11) is -3.88. The molecule has 154 valence electrons. The first-order valence-corrected chi connectivity index (χ1v) is 10.8. The van der Waals surface area contributed by atoms with Crippen molar-refractivity contribution < 1.29 is 22.4 Å². The molecular formula is C18H20FN5O4S. The van der Waals surface area contributed by atoms with E-state index in [1.165, 1.54) is 29.0 Å². The molecule has 2 saturated heterocycles. The Labute approximate surface area is 166 Å². The third kappa shape index (κ3) is 3.62. The largest absolute Gasteiger partial charge is 0.351 e. The van der Waals surface area contributed by atoms with Gasteiger partial charge in [-0.15, -0.1) is 0 Å². The molecule has 3 heterocycles. The average Bonchev–Trinajstić information content (AvgIpc) is 3.31. The molecule has 0 saturated carbocycles. The molecule has 2 aromatic rings. The number of imide groups is 1. The average molecular weight is 421 g/mol. The number of hydrogen-bond donors (Lipinski definition) is 3. The minimum atomic E-state index is -3.88. The van der Waals surface area contributed by atoms with E-state index in [9.17, 15) is 22.4 Å². The predicted octanol–water partition coefficient (Wildman–Crippen LogP) is 0.793. The number of sulfonamides is 1. The van der Waals surface area contributed by atoms with Crippen LogP contribution in [-0.2, 0) is 20.4 Å². The molecule has 11 heteroatoms. The molecule has 1 aromatic carbocycles. The van der Waals surface area contributed by atoms with E-state index in [-0.39, 0.29) is 30.5 Å². The lowest BCUT2D eigenvalue weighted by Gasteiger charge is -2.33. The number of carbonyl (C=O) groups is 2. The maximum absolute atomic E-state index is 13.1. The fraction of sp³-hybridized carbons (Fsp3) is 0.389. The van der Waals surface area contributed by atoms with Gasteiger partial charge in [0.1, 0.15) is 11.6 Å². The standard InChI is InChI=1S/C18H20FN5O4S/c19-14-3-1-12(2-4-14)13-5-7-24(8-6-13)29(27,28)10-18(15-9-20-11-21-15)16(25)22-17(26)23-18/h1-4,9,11,13H,5-8,10H2,(H,20,21)(H2,22,23,25,26). The summed E-state index contributed by atoms with van der Waals surface area (Å²) in [5, 5.41) is 4.53. The summed E-state index contributed by atoms with van der Waals surface area (Å²) < 4.78 is 40.6. The van der Waals surface area contributed by atoms with Gasteiger partial charge in [0.05, 0.1) is 12.0 Å². The monoisotopic (exact) mass is 421 g/mol. The van der Waals surface area contributed by atoms with E-state index in [1.807, 2.05) is 0 Å². The van der Waals surface area contributed by atoms with Crippen molar-refractivity contribution in [2.45, 2.75) is 24.3 Å². The third-order valence-corrected chi connectivity index (χ3v) is 7.41. The van der Waals surface area contributed by atoms with Gasteiger partial charge in [0, 0.05) is 19.3 Å². The Kier molecular flexibility index (Phi) is 4.87. The highest BCUT2D eigenvalue weighted by molar-refractivity contribution is 7.89. The first-order chi connectivity index (χ1) is 13.8. The molecule has 3 N–H and O–H groups in total. The van der Waals surface area contributed by atoms with Gasteiger partial charge in [-0.05, 0) is 36.5 Å². The quantitative estimate of drug-likeness (QED) is 0.616. The summed E-state index contributed by atoms with van der Waals surface area (Å²) in [4.78, 5) is 30.9. The van der Waals surface area contributed by atoms with E-state index in [4.69, 9.17) is 0 Å². The number of amides is 3. The van der Waals surface area contributed by atoms with E-state index >= 15 is 0 Å². The third-order valence-electron chi connectivity index (χ3n) is 5.46. The molecule has 0 bridgehead atoms. The molecule has 4 rings (SSSR count). The molecule has 0 aliphatic carbocycles. The van der Waals surface area contributed by atoms with Gasteiger partial charge in [0.25, 0.3) is 5.91 Å². The van der Waals surface area contributed by atoms with Crippen LogP contribution in [0.1, 0.15) is 30.0 Å². The zero-order valence-corrected chi connectivity index (χ0v) is 16.2. The lowest BCUT2D eigenvalue weighted by molar-refractivity contribution is -0.123. The normalized spacial score (nSPS) is 23.8. The Morgan fingerprint density at radius 3 is 2.41 bits per heavy atom. The maximum Gasteiger partial charge on any atom is 0.322 e. The summed E-state index contributed by atoms with van der Waals surface area (Å²) in [5.74, 6) is -1.55. The molecule has 0 radical (unpaired) electrons. The Hall–Kier alpha value is -2.79. The SMILES string of the molecule is O=C1NC(=O)C(CS(=O)(=O)N2CCC(c3ccc(F)cc3)CC2)(c2c[nH]cn2)N1. The fourth-order valence-electron chi connectivity index (χ4n) is 3.91. The number of nitrogens with zero attached hydrogens (tertiary/aromatic N) is 2. The number of aromatic amines is 1. The molecule has 2 aliphatic heterocycles. The number of rotatable bonds is 5. The number of aromatic nitrogens is 2. The van der Waals surface area contributed by atoms with E-state index in [2.05, 4.69) is 20.6 Å². The van der Waals surface area contributed by atoms with Crippen molar-refractivity contribution in [2.24, 2.45) is 0 Å². The smallest absolute Gasteiger partial charge is 0.322 e. The summed E-state index contributed by atoms with van der Waals surface area (Å²) >= 11 is 0. The lowest BCUT2D eigenvalue weighted by Crippen LogP contribution is -2.53. The maximum atomic E-state index is 13.1. The highest BCUT2D eigenvalue weighted by Gasteiger charge is 2.53. The van der Waals surface area contributed by atoms with Crippen LogP contribution in [0.4, 0.5) is 9.18 Å². The first kappa shape index (κ1) is 19.5. The van der Waals surface area contributed by atoms with Crippen molar-refractivity contribution in [2.75, 3.05) is 18.8 Å². The fourth-order valence-corrected chi connectivity index (χ4v) is 5.76. The molecule has 1 atom stereocenters. The van der Waals surface area contributed by atoms with Gasteiger partial charge in [-0.3, -0.25) is 10.1 Å². The molecule has 1 unspecified atom stereocenters. The number of hydrogen-bond acceptors (Lipinski definition) is 5. The van der Waals surface area contributed by atoms with Crippen LogP contribution in [0.2, 0.25) is 0 Å². The number of urea groups is 1. The number of piperidine rings is 1. The van der Waals surface area contributed by atoms with Crippen molar-refractivity contribution in [1.29, 1.82) is 0 Å². The van der Waals surface area contributed by atoms with Crippen molar-refractivity contribution in [3.8, 4) is 0 Å². The van der Waals surface area contributed by atoms with Gasteiger partial charge >= 0.3 is 6.03 Å². The first-order valence-electron chi connectivity index (χ1n) is 9.16. The van der Waals surface area contributed by atoms with Crippen molar-refractivity contribution in [3.05, 3.63) is 53.9 Å². The predicted molar refractivity (Wildman–Crippen MR) is 101 cm³/mol. The van der Waals surface area contributed by atoms with Gasteiger partial charge in [0.2, 0.25) is 10.0 Å². The Balaban J connectivity index is 1.51. The molecule has 1 aromatic heterocycles. The second-order valence-corrected chi connectivity index (χ2v) is 9.22. The second kappa shape index (κ2) is 7.23. The number of halogens is 1. The second-order valence-electron chi connectivity index (χ2n) is 7.25. The van der Waals surface area contributed by atoms with Crippen LogP contribution in [-0.4, -0.2) is 53.5 Å². The molecule has 2 fully saturated rings. The lowest BCUT2D eigenvalue weighted by atomic mass is 9.90. The van der Waals surface area contributed by atoms with Crippen LogP contribution >= 0.6 is 0 Å². The summed E-state index contributed by atoms with van der Waals surface area (Å²) in [5.41, 5.74) is -0.673. The number of benzene rings is 1. The summed E-state index contributed by atoms with van der Waals surface area (Å²) in [6, 6.07) is 5.47. The van der Waals surface area contributed by atoms with E-state index < -0.39 is 33.3 Å². The minimum Gasteiger partial charge on any atom is -0.351 e. The summed E-state index contributed by atoms with van der Waals surface area (Å²) in [6.07, 6.45) is 3.87. The Bertz CT molecular complexity index is 1020. The van der Waals surface area contributed by atoms with Crippen molar-refractivity contribution >= 4 is 22.0 Å². The molecule has 9 nitrogen and oxygen atoms in total. The molecule has 2 aliphatic rings. The van der Waals surface area contributed by atoms with E-state index in [1.54, 1.807) is 12.1 Å². The van der Waals surface area contributed by atoms with Crippen LogP contribution < -0.4 is 10.6 Å². The summed E-state index contributed by atoms with van der Waals surface area (Å²) in [6.45, 7) is 0.549. The highest BCUT2D eigenvalue weighted by Crippen LogP contribution is 2.32. The topological polar surface area (TPSA) is 124 Å². The molecule has 3 amide bonds. The van der Waals surface area contributed by atoms with Gasteiger partial charge < -0.3 is 10.3 Å². The van der Waals surface area contributed by atoms with Crippen LogP contribution in [0.15, 0.2) is 36.8 Å². The highest BCUT2D eigenvalue weighted by atomic mass is 32.2. The number of imidazole rings is 1. The Morgan fingerprint density at radius 2 is 1.86 bits per heavy atom. The molecule has 29 heavy (non-hydrogen) atoms. The van der Waals surface area contributed by atoms with E-state index in [0.717, 1.165) is 5.56 Å². The van der Waals surface area contributed by atoms with Crippen LogP contribution in [0.5, 0.6) is 0 Å². The van der Waals surface area contributed by atoms with Gasteiger partial charge in [-0.1, -0.05) is 12.1 Å². The minimum absolute atomic E-state index is 0.130. The van der Waals surface area contributed by atoms with Crippen LogP contribution in [0.25, 0.3) is 0 Å². The van der Waals surface area contributed by atoms with Gasteiger partial charge in [-0.2, -0.15) is 0 Å².